The summed E-state index contributed by atoms with van der Waals surface area (Å²) in [5.74, 6) is 1.31. The molecule has 6 nitrogen and oxygen atoms in total. The van der Waals surface area contributed by atoms with Gasteiger partial charge in [-0.1, -0.05) is 61.8 Å². The molecule has 2 aromatic carbocycles. The van der Waals surface area contributed by atoms with Crippen molar-refractivity contribution in [2.75, 3.05) is 0 Å². The number of amides is 1. The van der Waals surface area contributed by atoms with E-state index in [4.69, 9.17) is 16.0 Å². The summed E-state index contributed by atoms with van der Waals surface area (Å²) in [5, 5.41) is 13.0. The standard InChI is InChI=1S/C23H23ClN4O2/c1-15(2)11-22-26-27-23(30-22)20-12-16-7-4-6-10-19(16)28(20)14-21(29)25-13-17-8-3-5-9-18(17)24/h3-10,12,15H,11,13-14H2,1-2H3,(H,25,29). The molecule has 0 bridgehead atoms. The number of rotatable bonds is 7. The summed E-state index contributed by atoms with van der Waals surface area (Å²) in [6.45, 7) is 4.70. The molecular weight excluding hydrogens is 400 g/mol. The molecule has 0 aliphatic heterocycles. The number of halogens is 1. The molecule has 0 saturated carbocycles. The second-order valence-corrected chi connectivity index (χ2v) is 8.05. The number of carbonyl (C=O) groups is 1. The summed E-state index contributed by atoms with van der Waals surface area (Å²) < 4.78 is 7.79. The Morgan fingerprint density at radius 2 is 1.90 bits per heavy atom. The second-order valence-electron chi connectivity index (χ2n) is 7.64. The van der Waals surface area contributed by atoms with Gasteiger partial charge in [0.15, 0.2) is 0 Å². The first-order chi connectivity index (χ1) is 14.5. The maximum atomic E-state index is 12.7. The van der Waals surface area contributed by atoms with E-state index in [0.29, 0.717) is 35.7 Å². The van der Waals surface area contributed by atoms with Crippen molar-refractivity contribution in [1.29, 1.82) is 0 Å². The fourth-order valence-electron chi connectivity index (χ4n) is 3.38. The lowest BCUT2D eigenvalue weighted by molar-refractivity contribution is -0.121. The number of hydrogen-bond acceptors (Lipinski definition) is 4. The lowest BCUT2D eigenvalue weighted by Gasteiger charge is -2.10. The van der Waals surface area contributed by atoms with Crippen LogP contribution in [0.3, 0.4) is 0 Å². The predicted molar refractivity (Wildman–Crippen MR) is 117 cm³/mol. The smallest absolute Gasteiger partial charge is 0.264 e. The van der Waals surface area contributed by atoms with E-state index in [1.54, 1.807) is 0 Å². The van der Waals surface area contributed by atoms with E-state index in [9.17, 15) is 4.79 Å². The van der Waals surface area contributed by atoms with Crippen molar-refractivity contribution >= 4 is 28.4 Å². The Morgan fingerprint density at radius 1 is 1.13 bits per heavy atom. The van der Waals surface area contributed by atoms with Crippen LogP contribution in [-0.4, -0.2) is 20.7 Å². The van der Waals surface area contributed by atoms with Crippen LogP contribution >= 0.6 is 11.6 Å². The van der Waals surface area contributed by atoms with Crippen molar-refractivity contribution in [2.24, 2.45) is 5.92 Å². The number of fused-ring (bicyclic) bond motifs is 1. The largest absolute Gasteiger partial charge is 0.419 e. The van der Waals surface area contributed by atoms with Gasteiger partial charge in [-0.05, 0) is 29.7 Å². The van der Waals surface area contributed by atoms with Crippen LogP contribution in [0, 0.1) is 5.92 Å². The number of nitrogens with one attached hydrogen (secondary N) is 1. The summed E-state index contributed by atoms with van der Waals surface area (Å²) in [7, 11) is 0. The Morgan fingerprint density at radius 3 is 2.70 bits per heavy atom. The van der Waals surface area contributed by atoms with Gasteiger partial charge in [0.05, 0.1) is 0 Å². The van der Waals surface area contributed by atoms with E-state index < -0.39 is 0 Å². The monoisotopic (exact) mass is 422 g/mol. The topological polar surface area (TPSA) is 73.0 Å². The van der Waals surface area contributed by atoms with Gasteiger partial charge in [-0.3, -0.25) is 4.79 Å². The Bertz CT molecular complexity index is 1180. The van der Waals surface area contributed by atoms with E-state index in [1.165, 1.54) is 0 Å². The number of benzene rings is 2. The highest BCUT2D eigenvalue weighted by atomic mass is 35.5. The van der Waals surface area contributed by atoms with Gasteiger partial charge < -0.3 is 14.3 Å². The van der Waals surface area contributed by atoms with Gasteiger partial charge in [0.1, 0.15) is 12.2 Å². The van der Waals surface area contributed by atoms with Crippen molar-refractivity contribution in [3.8, 4) is 11.6 Å². The molecule has 0 aliphatic carbocycles. The third-order valence-corrected chi connectivity index (χ3v) is 5.18. The molecule has 1 N–H and O–H groups in total. The summed E-state index contributed by atoms with van der Waals surface area (Å²) in [4.78, 5) is 12.7. The lowest BCUT2D eigenvalue weighted by atomic mass is 10.1. The molecular formula is C23H23ClN4O2. The fourth-order valence-corrected chi connectivity index (χ4v) is 3.58. The van der Waals surface area contributed by atoms with Crippen LogP contribution in [-0.2, 0) is 24.3 Å². The van der Waals surface area contributed by atoms with Crippen molar-refractivity contribution in [3.63, 3.8) is 0 Å². The number of carbonyl (C=O) groups excluding carboxylic acids is 1. The number of hydrogen-bond donors (Lipinski definition) is 1. The molecule has 0 saturated heterocycles. The Balaban J connectivity index is 1.59. The molecule has 0 aliphatic rings. The normalized spacial score (nSPS) is 11.3. The Hall–Kier alpha value is -3.12. The molecule has 1 amide bonds. The van der Waals surface area contributed by atoms with E-state index in [0.717, 1.165) is 22.2 Å². The maximum absolute atomic E-state index is 12.7. The molecule has 30 heavy (non-hydrogen) atoms. The second kappa shape index (κ2) is 8.71. The van der Waals surface area contributed by atoms with Crippen molar-refractivity contribution < 1.29 is 9.21 Å². The van der Waals surface area contributed by atoms with E-state index >= 15 is 0 Å². The van der Waals surface area contributed by atoms with E-state index in [1.807, 2.05) is 59.2 Å². The number of para-hydroxylation sites is 1. The van der Waals surface area contributed by atoms with Gasteiger partial charge in [-0.2, -0.15) is 0 Å². The SMILES string of the molecule is CC(C)Cc1nnc(-c2cc3ccccc3n2CC(=O)NCc2ccccc2Cl)o1. The van der Waals surface area contributed by atoms with E-state index in [2.05, 4.69) is 29.4 Å². The van der Waals surface area contributed by atoms with Gasteiger partial charge >= 0.3 is 0 Å². The Labute approximate surface area is 179 Å². The molecule has 4 rings (SSSR count). The molecule has 2 heterocycles. The predicted octanol–water partition coefficient (Wildman–Crippen LogP) is 4.86. The van der Waals surface area contributed by atoms with Crippen LogP contribution < -0.4 is 5.32 Å². The molecule has 0 spiro atoms. The average Bonchev–Trinajstić information content (AvgIpc) is 3.32. The summed E-state index contributed by atoms with van der Waals surface area (Å²) in [5.41, 5.74) is 2.54. The van der Waals surface area contributed by atoms with Gasteiger partial charge in [-0.15, -0.1) is 10.2 Å². The van der Waals surface area contributed by atoms with Gasteiger partial charge in [0.25, 0.3) is 5.89 Å². The quantitative estimate of drug-likeness (QED) is 0.461. The van der Waals surface area contributed by atoms with Crippen molar-refractivity contribution in [2.45, 2.75) is 33.4 Å². The molecule has 0 radical (unpaired) electrons. The molecule has 154 valence electrons. The number of nitrogens with zero attached hydrogens (tertiary/aromatic N) is 3. The van der Waals surface area contributed by atoms with Gasteiger partial charge in [-0.25, -0.2) is 0 Å². The van der Waals surface area contributed by atoms with Crippen LogP contribution in [0.2, 0.25) is 5.02 Å². The summed E-state index contributed by atoms with van der Waals surface area (Å²) >= 11 is 6.19. The first-order valence-corrected chi connectivity index (χ1v) is 10.3. The highest BCUT2D eigenvalue weighted by molar-refractivity contribution is 6.31. The highest BCUT2D eigenvalue weighted by Crippen LogP contribution is 2.28. The van der Waals surface area contributed by atoms with Crippen molar-refractivity contribution in [1.82, 2.24) is 20.1 Å². The summed E-state index contributed by atoms with van der Waals surface area (Å²) in [6.07, 6.45) is 0.714. The van der Waals surface area contributed by atoms with Crippen molar-refractivity contribution in [3.05, 3.63) is 71.1 Å². The van der Waals surface area contributed by atoms with E-state index in [-0.39, 0.29) is 12.5 Å². The van der Waals surface area contributed by atoms with Crippen LogP contribution in [0.5, 0.6) is 0 Å². The first kappa shape index (κ1) is 20.2. The average molecular weight is 423 g/mol. The zero-order chi connectivity index (χ0) is 21.1. The molecule has 2 aromatic heterocycles. The van der Waals surface area contributed by atoms with Crippen LogP contribution in [0.4, 0.5) is 0 Å². The van der Waals surface area contributed by atoms with Gasteiger partial charge in [0, 0.05) is 28.9 Å². The zero-order valence-corrected chi connectivity index (χ0v) is 17.7. The minimum atomic E-state index is -0.126. The summed E-state index contributed by atoms with van der Waals surface area (Å²) in [6, 6.07) is 17.3. The molecule has 7 heteroatoms. The van der Waals surface area contributed by atoms with Crippen LogP contribution in [0.15, 0.2) is 59.0 Å². The minimum Gasteiger partial charge on any atom is -0.419 e. The first-order valence-electron chi connectivity index (χ1n) is 9.92. The fraction of sp³-hybridized carbons (Fsp3) is 0.261. The lowest BCUT2D eigenvalue weighted by Crippen LogP contribution is -2.27. The highest BCUT2D eigenvalue weighted by Gasteiger charge is 2.18. The minimum absolute atomic E-state index is 0.126. The third kappa shape index (κ3) is 4.39. The molecule has 0 atom stereocenters. The Kier molecular flexibility index (Phi) is 5.86. The molecule has 0 fully saturated rings. The maximum Gasteiger partial charge on any atom is 0.264 e. The van der Waals surface area contributed by atoms with Gasteiger partial charge in [0.2, 0.25) is 11.8 Å². The zero-order valence-electron chi connectivity index (χ0n) is 16.9. The van der Waals surface area contributed by atoms with Crippen LogP contribution in [0.25, 0.3) is 22.5 Å². The molecule has 0 unspecified atom stereocenters. The number of aromatic nitrogens is 3. The van der Waals surface area contributed by atoms with Crippen LogP contribution in [0.1, 0.15) is 25.3 Å². The third-order valence-electron chi connectivity index (χ3n) is 4.81. The molecule has 4 aromatic rings.